The Balaban J connectivity index is 2.40. The van der Waals surface area contributed by atoms with Crippen LogP contribution in [0.4, 0.5) is 4.79 Å². The van der Waals surface area contributed by atoms with Crippen molar-refractivity contribution in [1.82, 2.24) is 10.6 Å². The second-order valence-electron chi connectivity index (χ2n) is 5.07. The summed E-state index contributed by atoms with van der Waals surface area (Å²) in [6, 6.07) is -0.940. The standard InChI is InChI=1S/C12H22N2O5S/c1-2-4-9(7-11(15)16)14-12(17)13-8-10-5-3-6-20(10,18)19/h9-10H,2-8H2,1H3,(H,15,16)(H2,13,14,17). The van der Waals surface area contributed by atoms with Gasteiger partial charge in [0, 0.05) is 12.6 Å². The van der Waals surface area contributed by atoms with E-state index in [0.717, 1.165) is 6.42 Å². The molecule has 0 radical (unpaired) electrons. The smallest absolute Gasteiger partial charge is 0.315 e. The Labute approximate surface area is 119 Å². The summed E-state index contributed by atoms with van der Waals surface area (Å²) in [6.07, 6.45) is 2.39. The minimum Gasteiger partial charge on any atom is -0.481 e. The van der Waals surface area contributed by atoms with Gasteiger partial charge in [-0.15, -0.1) is 0 Å². The van der Waals surface area contributed by atoms with E-state index in [-0.39, 0.29) is 18.7 Å². The van der Waals surface area contributed by atoms with Gasteiger partial charge in [0.15, 0.2) is 9.84 Å². The van der Waals surface area contributed by atoms with Crippen molar-refractivity contribution in [1.29, 1.82) is 0 Å². The predicted molar refractivity (Wildman–Crippen MR) is 74.3 cm³/mol. The van der Waals surface area contributed by atoms with Crippen LogP contribution < -0.4 is 10.6 Å². The minimum atomic E-state index is -3.08. The zero-order valence-corrected chi connectivity index (χ0v) is 12.4. The Morgan fingerprint density at radius 2 is 2.10 bits per heavy atom. The SMILES string of the molecule is CCCC(CC(=O)O)NC(=O)NCC1CCCS1(=O)=O. The van der Waals surface area contributed by atoms with Crippen molar-refractivity contribution in [3.8, 4) is 0 Å². The summed E-state index contributed by atoms with van der Waals surface area (Å²) in [5.74, 6) is -0.791. The maximum Gasteiger partial charge on any atom is 0.315 e. The molecule has 2 unspecified atom stereocenters. The zero-order valence-electron chi connectivity index (χ0n) is 11.6. The van der Waals surface area contributed by atoms with E-state index < -0.39 is 33.1 Å². The van der Waals surface area contributed by atoms with Gasteiger partial charge >= 0.3 is 12.0 Å². The molecule has 1 heterocycles. The molecule has 3 N–H and O–H groups in total. The maximum atomic E-state index is 11.7. The van der Waals surface area contributed by atoms with Crippen molar-refractivity contribution in [3.63, 3.8) is 0 Å². The Bertz CT molecular complexity index is 449. The predicted octanol–water partition coefficient (Wildman–Crippen LogP) is 0.506. The van der Waals surface area contributed by atoms with Crippen LogP contribution in [0.2, 0.25) is 0 Å². The summed E-state index contributed by atoms with van der Waals surface area (Å²) >= 11 is 0. The molecule has 0 aromatic heterocycles. The summed E-state index contributed by atoms with van der Waals surface area (Å²) in [7, 11) is -3.08. The van der Waals surface area contributed by atoms with Gasteiger partial charge in [-0.2, -0.15) is 0 Å². The first kappa shape index (κ1) is 16.7. The van der Waals surface area contributed by atoms with Gasteiger partial charge in [0.1, 0.15) is 0 Å². The largest absolute Gasteiger partial charge is 0.481 e. The monoisotopic (exact) mass is 306 g/mol. The highest BCUT2D eigenvalue weighted by Gasteiger charge is 2.31. The van der Waals surface area contributed by atoms with Gasteiger partial charge in [-0.3, -0.25) is 4.79 Å². The average Bonchev–Trinajstić information content (AvgIpc) is 2.65. The molecule has 1 rings (SSSR count). The number of nitrogens with one attached hydrogen (secondary N) is 2. The van der Waals surface area contributed by atoms with E-state index in [1.54, 1.807) is 0 Å². The molecule has 8 heteroatoms. The summed E-state index contributed by atoms with van der Waals surface area (Å²) in [4.78, 5) is 22.3. The van der Waals surface area contributed by atoms with Gasteiger partial charge in [-0.05, 0) is 19.3 Å². The Morgan fingerprint density at radius 3 is 2.60 bits per heavy atom. The van der Waals surface area contributed by atoms with E-state index >= 15 is 0 Å². The van der Waals surface area contributed by atoms with Crippen molar-refractivity contribution in [2.75, 3.05) is 12.3 Å². The molecular weight excluding hydrogens is 284 g/mol. The Morgan fingerprint density at radius 1 is 1.40 bits per heavy atom. The van der Waals surface area contributed by atoms with Gasteiger partial charge < -0.3 is 15.7 Å². The van der Waals surface area contributed by atoms with Gasteiger partial charge in [0.25, 0.3) is 0 Å². The van der Waals surface area contributed by atoms with Crippen molar-refractivity contribution in [3.05, 3.63) is 0 Å². The molecule has 0 aromatic rings. The lowest BCUT2D eigenvalue weighted by molar-refractivity contribution is -0.137. The number of amides is 2. The van der Waals surface area contributed by atoms with Crippen LogP contribution in [0.25, 0.3) is 0 Å². The number of carboxylic acids is 1. The molecule has 0 saturated carbocycles. The van der Waals surface area contributed by atoms with Crippen LogP contribution in [0.3, 0.4) is 0 Å². The Kier molecular flexibility index (Phi) is 6.25. The first-order chi connectivity index (χ1) is 9.35. The second-order valence-corrected chi connectivity index (χ2v) is 7.47. The zero-order chi connectivity index (χ0) is 15.2. The molecule has 0 aliphatic carbocycles. The van der Waals surface area contributed by atoms with E-state index in [1.165, 1.54) is 0 Å². The van der Waals surface area contributed by atoms with Crippen molar-refractivity contribution in [2.24, 2.45) is 0 Å². The molecule has 2 amide bonds. The minimum absolute atomic E-state index is 0.0834. The molecule has 0 bridgehead atoms. The topological polar surface area (TPSA) is 113 Å². The van der Waals surface area contributed by atoms with Crippen LogP contribution in [0.15, 0.2) is 0 Å². The van der Waals surface area contributed by atoms with Crippen LogP contribution >= 0.6 is 0 Å². The molecule has 0 aromatic carbocycles. The number of carbonyl (C=O) groups excluding carboxylic acids is 1. The third-order valence-electron chi connectivity index (χ3n) is 3.35. The molecule has 0 spiro atoms. The fourth-order valence-corrected chi connectivity index (χ4v) is 4.08. The second kappa shape index (κ2) is 7.47. The maximum absolute atomic E-state index is 11.7. The van der Waals surface area contributed by atoms with E-state index in [4.69, 9.17) is 5.11 Å². The fraction of sp³-hybridized carbons (Fsp3) is 0.833. The van der Waals surface area contributed by atoms with E-state index in [2.05, 4.69) is 10.6 Å². The number of rotatable bonds is 7. The molecule has 1 fully saturated rings. The molecular formula is C12H22N2O5S. The summed E-state index contributed by atoms with van der Waals surface area (Å²) < 4.78 is 23.2. The van der Waals surface area contributed by atoms with Crippen molar-refractivity contribution < 1.29 is 23.1 Å². The molecule has 1 aliphatic heterocycles. The third-order valence-corrected chi connectivity index (χ3v) is 5.62. The molecule has 1 aliphatic rings. The first-order valence-electron chi connectivity index (χ1n) is 6.83. The first-order valence-corrected chi connectivity index (χ1v) is 8.54. The molecule has 1 saturated heterocycles. The van der Waals surface area contributed by atoms with E-state index in [1.807, 2.05) is 6.92 Å². The Hall–Kier alpha value is -1.31. The van der Waals surface area contributed by atoms with E-state index in [9.17, 15) is 18.0 Å². The van der Waals surface area contributed by atoms with Crippen LogP contribution in [0.1, 0.15) is 39.0 Å². The van der Waals surface area contributed by atoms with Crippen LogP contribution in [0, 0.1) is 0 Å². The van der Waals surface area contributed by atoms with E-state index in [0.29, 0.717) is 19.3 Å². The number of urea groups is 1. The number of carbonyl (C=O) groups is 2. The quantitative estimate of drug-likeness (QED) is 0.634. The fourth-order valence-electron chi connectivity index (χ4n) is 2.31. The highest BCUT2D eigenvalue weighted by atomic mass is 32.2. The summed E-state index contributed by atoms with van der Waals surface area (Å²) in [6.45, 7) is 1.99. The molecule has 116 valence electrons. The molecule has 20 heavy (non-hydrogen) atoms. The number of hydrogen-bond acceptors (Lipinski definition) is 4. The number of hydrogen-bond donors (Lipinski definition) is 3. The molecule has 7 nitrogen and oxygen atoms in total. The average molecular weight is 306 g/mol. The summed E-state index contributed by atoms with van der Waals surface area (Å²) in [5.41, 5.74) is 0. The lowest BCUT2D eigenvalue weighted by Gasteiger charge is -2.17. The van der Waals surface area contributed by atoms with Gasteiger partial charge in [-0.25, -0.2) is 13.2 Å². The highest BCUT2D eigenvalue weighted by Crippen LogP contribution is 2.18. The van der Waals surface area contributed by atoms with Crippen molar-refractivity contribution >= 4 is 21.8 Å². The van der Waals surface area contributed by atoms with Crippen molar-refractivity contribution in [2.45, 2.75) is 50.3 Å². The summed E-state index contributed by atoms with van der Waals surface area (Å²) in [5, 5.41) is 13.3. The van der Waals surface area contributed by atoms with Crippen LogP contribution in [-0.2, 0) is 14.6 Å². The van der Waals surface area contributed by atoms with Gasteiger partial charge in [0.2, 0.25) is 0 Å². The van der Waals surface area contributed by atoms with Crippen LogP contribution in [0.5, 0.6) is 0 Å². The molecule has 2 atom stereocenters. The lowest BCUT2D eigenvalue weighted by atomic mass is 10.1. The van der Waals surface area contributed by atoms with Gasteiger partial charge in [-0.1, -0.05) is 13.3 Å². The lowest BCUT2D eigenvalue weighted by Crippen LogP contribution is -2.45. The van der Waals surface area contributed by atoms with Crippen LogP contribution in [-0.4, -0.2) is 49.1 Å². The number of aliphatic carboxylic acids is 1. The number of sulfone groups is 1. The van der Waals surface area contributed by atoms with Gasteiger partial charge in [0.05, 0.1) is 17.4 Å². The normalized spacial score (nSPS) is 22.1. The third kappa shape index (κ3) is 5.36. The number of carboxylic acid groups (broad SMARTS) is 1. The highest BCUT2D eigenvalue weighted by molar-refractivity contribution is 7.92.